The molecule has 0 spiro atoms. The van der Waals surface area contributed by atoms with Crippen LogP contribution in [0.15, 0.2) is 182 Å². The fourth-order valence-corrected chi connectivity index (χ4v) is 7.40. The Kier molecular flexibility index (Phi) is 6.78. The molecule has 0 atom stereocenters. The van der Waals surface area contributed by atoms with E-state index >= 15 is 0 Å². The van der Waals surface area contributed by atoms with E-state index in [0.29, 0.717) is 17.5 Å². The fourth-order valence-electron chi connectivity index (χ4n) is 7.40. The van der Waals surface area contributed by atoms with E-state index in [-0.39, 0.29) is 0 Å². The van der Waals surface area contributed by atoms with E-state index < -0.39 is 0 Å². The van der Waals surface area contributed by atoms with Crippen LogP contribution < -0.4 is 0 Å². The molecule has 10 rings (SSSR count). The van der Waals surface area contributed by atoms with Crippen LogP contribution in [0.4, 0.5) is 0 Å². The van der Waals surface area contributed by atoms with Crippen molar-refractivity contribution in [2.45, 2.75) is 0 Å². The number of hydrogen-bond donors (Lipinski definition) is 0. The summed E-state index contributed by atoms with van der Waals surface area (Å²) < 4.78 is 2.38. The molecule has 4 nitrogen and oxygen atoms in total. The smallest absolute Gasteiger partial charge is 0.164 e. The van der Waals surface area contributed by atoms with Crippen molar-refractivity contribution in [2.75, 3.05) is 0 Å². The molecule has 0 unspecified atom stereocenters. The van der Waals surface area contributed by atoms with Crippen LogP contribution in [0.25, 0.3) is 94.3 Å². The van der Waals surface area contributed by atoms with Crippen molar-refractivity contribution in [3.63, 3.8) is 0 Å². The Labute approximate surface area is 295 Å². The average Bonchev–Trinajstić information content (AvgIpc) is 3.56. The molecule has 2 aromatic heterocycles. The molecule has 2 heterocycles. The summed E-state index contributed by atoms with van der Waals surface area (Å²) in [4.78, 5) is 15.2. The van der Waals surface area contributed by atoms with E-state index in [1.807, 2.05) is 60.7 Å². The minimum atomic E-state index is 0.641. The Morgan fingerprint density at radius 1 is 0.333 bits per heavy atom. The molecular formula is C47H30N4. The lowest BCUT2D eigenvalue weighted by Crippen LogP contribution is -2.01. The lowest BCUT2D eigenvalue weighted by molar-refractivity contribution is 1.07. The first kappa shape index (κ1) is 29.0. The molecule has 0 bridgehead atoms. The van der Waals surface area contributed by atoms with Crippen molar-refractivity contribution >= 4 is 43.4 Å². The first-order valence-corrected chi connectivity index (χ1v) is 17.2. The second-order valence-electron chi connectivity index (χ2n) is 12.9. The number of nitrogens with zero attached hydrogens (tertiary/aromatic N) is 4. The van der Waals surface area contributed by atoms with Gasteiger partial charge in [-0.15, -0.1) is 0 Å². The van der Waals surface area contributed by atoms with Gasteiger partial charge in [-0.3, -0.25) is 0 Å². The highest BCUT2D eigenvalue weighted by molar-refractivity contribution is 6.21. The van der Waals surface area contributed by atoms with Crippen molar-refractivity contribution < 1.29 is 0 Å². The molecule has 4 heteroatoms. The van der Waals surface area contributed by atoms with Crippen LogP contribution in [-0.2, 0) is 0 Å². The third-order valence-electron chi connectivity index (χ3n) is 9.82. The Morgan fingerprint density at radius 2 is 0.863 bits per heavy atom. The molecule has 10 aromatic rings. The van der Waals surface area contributed by atoms with Gasteiger partial charge in [0.25, 0.3) is 0 Å². The fraction of sp³-hybridized carbons (Fsp3) is 0. The van der Waals surface area contributed by atoms with E-state index in [1.165, 1.54) is 32.6 Å². The molecule has 0 saturated carbocycles. The Morgan fingerprint density at radius 3 is 1.53 bits per heavy atom. The summed E-state index contributed by atoms with van der Waals surface area (Å²) >= 11 is 0. The van der Waals surface area contributed by atoms with Gasteiger partial charge in [-0.05, 0) is 69.1 Å². The number of benzene rings is 8. The molecule has 0 saturated heterocycles. The van der Waals surface area contributed by atoms with Gasteiger partial charge in [-0.1, -0.05) is 146 Å². The minimum Gasteiger partial charge on any atom is -0.309 e. The highest BCUT2D eigenvalue weighted by Crippen LogP contribution is 2.39. The second kappa shape index (κ2) is 11.9. The predicted molar refractivity (Wildman–Crippen MR) is 211 cm³/mol. The molecule has 0 aliphatic carbocycles. The second-order valence-corrected chi connectivity index (χ2v) is 12.9. The van der Waals surface area contributed by atoms with Crippen LogP contribution in [0.1, 0.15) is 0 Å². The molecule has 238 valence electrons. The summed E-state index contributed by atoms with van der Waals surface area (Å²) in [7, 11) is 0. The lowest BCUT2D eigenvalue weighted by Gasteiger charge is -2.15. The summed E-state index contributed by atoms with van der Waals surface area (Å²) in [6.45, 7) is 0. The van der Waals surface area contributed by atoms with Crippen LogP contribution in [0, 0.1) is 0 Å². The highest BCUT2D eigenvalue weighted by Gasteiger charge is 2.18. The molecular weight excluding hydrogens is 621 g/mol. The number of hydrogen-bond acceptors (Lipinski definition) is 3. The standard InChI is InChI=1S/C47H30N4/c1-3-14-33(15-4-1)45-48-46(34-16-5-2-6-17-34)50-47(49-45)41-30-36-19-8-7-18-35(36)29-40(41)32-23-26-37(27-24-32)51-42-22-12-11-21-39(42)44-38-20-10-9-13-31(38)25-28-43(44)51/h1-30H. The van der Waals surface area contributed by atoms with Crippen molar-refractivity contribution in [1.82, 2.24) is 19.5 Å². The van der Waals surface area contributed by atoms with Crippen molar-refractivity contribution in [3.8, 4) is 51.0 Å². The molecule has 51 heavy (non-hydrogen) atoms. The highest BCUT2D eigenvalue weighted by atomic mass is 15.0. The van der Waals surface area contributed by atoms with Gasteiger partial charge in [0, 0.05) is 33.2 Å². The summed E-state index contributed by atoms with van der Waals surface area (Å²) in [6.07, 6.45) is 0. The zero-order valence-electron chi connectivity index (χ0n) is 27.6. The van der Waals surface area contributed by atoms with Gasteiger partial charge in [-0.25, -0.2) is 15.0 Å². The third-order valence-corrected chi connectivity index (χ3v) is 9.82. The zero-order chi connectivity index (χ0) is 33.7. The van der Waals surface area contributed by atoms with E-state index in [2.05, 4.69) is 126 Å². The summed E-state index contributed by atoms with van der Waals surface area (Å²) in [5.74, 6) is 1.93. The van der Waals surface area contributed by atoms with Crippen LogP contribution in [0.5, 0.6) is 0 Å². The Balaban J connectivity index is 1.17. The largest absolute Gasteiger partial charge is 0.309 e. The summed E-state index contributed by atoms with van der Waals surface area (Å²) in [5.41, 5.74) is 8.51. The quantitative estimate of drug-likeness (QED) is 0.186. The van der Waals surface area contributed by atoms with Crippen LogP contribution in [0.2, 0.25) is 0 Å². The topological polar surface area (TPSA) is 43.6 Å². The first-order chi connectivity index (χ1) is 25.3. The van der Waals surface area contributed by atoms with Crippen LogP contribution >= 0.6 is 0 Å². The van der Waals surface area contributed by atoms with Gasteiger partial charge < -0.3 is 4.57 Å². The number of rotatable bonds is 5. The summed E-state index contributed by atoms with van der Waals surface area (Å²) in [5, 5.41) is 7.34. The minimum absolute atomic E-state index is 0.641. The SMILES string of the molecule is c1ccc(-c2nc(-c3ccccc3)nc(-c3cc4ccccc4cc3-c3ccc(-n4c5ccccc5c5c6ccccc6ccc54)cc3)n2)cc1. The van der Waals surface area contributed by atoms with Gasteiger partial charge in [0.2, 0.25) is 0 Å². The maximum atomic E-state index is 5.12. The molecule has 0 fully saturated rings. The number of aromatic nitrogens is 4. The van der Waals surface area contributed by atoms with E-state index in [4.69, 9.17) is 15.0 Å². The van der Waals surface area contributed by atoms with Gasteiger partial charge in [0.1, 0.15) is 0 Å². The van der Waals surface area contributed by atoms with Gasteiger partial charge in [0.05, 0.1) is 11.0 Å². The van der Waals surface area contributed by atoms with Crippen LogP contribution in [-0.4, -0.2) is 19.5 Å². The summed E-state index contributed by atoms with van der Waals surface area (Å²) in [6, 6.07) is 64.0. The van der Waals surface area contributed by atoms with E-state index in [0.717, 1.165) is 44.3 Å². The molecule has 0 amide bonds. The third kappa shape index (κ3) is 4.96. The first-order valence-electron chi connectivity index (χ1n) is 17.2. The van der Waals surface area contributed by atoms with Crippen molar-refractivity contribution in [3.05, 3.63) is 182 Å². The Bertz CT molecular complexity index is 2830. The lowest BCUT2D eigenvalue weighted by atomic mass is 9.94. The number of fused-ring (bicyclic) bond motifs is 6. The number of para-hydroxylation sites is 1. The van der Waals surface area contributed by atoms with Crippen LogP contribution in [0.3, 0.4) is 0 Å². The zero-order valence-corrected chi connectivity index (χ0v) is 27.6. The monoisotopic (exact) mass is 650 g/mol. The van der Waals surface area contributed by atoms with Gasteiger partial charge >= 0.3 is 0 Å². The predicted octanol–water partition coefficient (Wildman–Crippen LogP) is 11.9. The van der Waals surface area contributed by atoms with Crippen molar-refractivity contribution in [1.29, 1.82) is 0 Å². The molecule has 0 aliphatic rings. The Hall–Kier alpha value is -6.91. The normalized spacial score (nSPS) is 11.5. The van der Waals surface area contributed by atoms with E-state index in [1.54, 1.807) is 0 Å². The van der Waals surface area contributed by atoms with Gasteiger partial charge in [-0.2, -0.15) is 0 Å². The molecule has 0 N–H and O–H groups in total. The van der Waals surface area contributed by atoms with Crippen molar-refractivity contribution in [2.24, 2.45) is 0 Å². The maximum Gasteiger partial charge on any atom is 0.164 e. The molecule has 0 radical (unpaired) electrons. The average molecular weight is 651 g/mol. The molecule has 8 aromatic carbocycles. The van der Waals surface area contributed by atoms with Gasteiger partial charge in [0.15, 0.2) is 17.5 Å². The maximum absolute atomic E-state index is 5.12. The molecule has 0 aliphatic heterocycles. The van der Waals surface area contributed by atoms with E-state index in [9.17, 15) is 0 Å².